The van der Waals surface area contributed by atoms with E-state index in [1.807, 2.05) is 11.8 Å². The summed E-state index contributed by atoms with van der Waals surface area (Å²) in [5.41, 5.74) is 2.13. The summed E-state index contributed by atoms with van der Waals surface area (Å²) in [6, 6.07) is 0.500. The van der Waals surface area contributed by atoms with Gasteiger partial charge in [-0.3, -0.25) is 9.69 Å². The minimum Gasteiger partial charge on any atom is -0.375 e. The normalized spacial score (nSPS) is 22.1. The van der Waals surface area contributed by atoms with E-state index in [0.29, 0.717) is 12.5 Å². The molecule has 0 spiro atoms. The SMILES string of the molecule is Cc1ncnc(N2CCN(C(=O)C[C@@H]3CN(C(C)C)CCO3)CC2)c1C. The van der Waals surface area contributed by atoms with Crippen LogP contribution in [0.15, 0.2) is 6.33 Å². The van der Waals surface area contributed by atoms with Gasteiger partial charge in [-0.25, -0.2) is 9.97 Å². The third-order valence-electron chi connectivity index (χ3n) is 5.54. The van der Waals surface area contributed by atoms with Crippen LogP contribution in [0.25, 0.3) is 0 Å². The molecule has 1 amide bonds. The topological polar surface area (TPSA) is 61.8 Å². The molecule has 1 atom stereocenters. The van der Waals surface area contributed by atoms with E-state index in [4.69, 9.17) is 4.74 Å². The molecule has 7 heteroatoms. The Morgan fingerprint density at radius 3 is 2.62 bits per heavy atom. The molecule has 0 radical (unpaired) electrons. The third kappa shape index (κ3) is 4.32. The first-order valence-corrected chi connectivity index (χ1v) is 9.62. The molecule has 1 aromatic rings. The van der Waals surface area contributed by atoms with Gasteiger partial charge in [-0.05, 0) is 27.7 Å². The number of morpholine rings is 1. The van der Waals surface area contributed by atoms with Crippen LogP contribution >= 0.6 is 0 Å². The number of nitrogens with zero attached hydrogens (tertiary/aromatic N) is 5. The van der Waals surface area contributed by atoms with E-state index < -0.39 is 0 Å². The summed E-state index contributed by atoms with van der Waals surface area (Å²) >= 11 is 0. The molecule has 2 aliphatic heterocycles. The second-order valence-electron chi connectivity index (χ2n) is 7.56. The maximum atomic E-state index is 12.7. The smallest absolute Gasteiger partial charge is 0.225 e. The highest BCUT2D eigenvalue weighted by Gasteiger charge is 2.28. The summed E-state index contributed by atoms with van der Waals surface area (Å²) < 4.78 is 5.82. The second-order valence-corrected chi connectivity index (χ2v) is 7.56. The molecule has 0 unspecified atom stereocenters. The van der Waals surface area contributed by atoms with Crippen molar-refractivity contribution in [2.75, 3.05) is 50.8 Å². The number of carbonyl (C=O) groups is 1. The Labute approximate surface area is 156 Å². The lowest BCUT2D eigenvalue weighted by Gasteiger charge is -2.38. The van der Waals surface area contributed by atoms with E-state index in [9.17, 15) is 4.79 Å². The van der Waals surface area contributed by atoms with Crippen molar-refractivity contribution in [3.63, 3.8) is 0 Å². The van der Waals surface area contributed by atoms with Crippen LogP contribution in [0.5, 0.6) is 0 Å². The molecular formula is C19H31N5O2. The Bertz CT molecular complexity index is 628. The number of hydrogen-bond acceptors (Lipinski definition) is 6. The lowest BCUT2D eigenvalue weighted by molar-refractivity contribution is -0.136. The number of anilines is 1. The number of carbonyl (C=O) groups excluding carboxylic acids is 1. The zero-order valence-electron chi connectivity index (χ0n) is 16.4. The fraction of sp³-hybridized carbons (Fsp3) is 0.737. The molecular weight excluding hydrogens is 330 g/mol. The van der Waals surface area contributed by atoms with Crippen LogP contribution in [0.2, 0.25) is 0 Å². The fourth-order valence-corrected chi connectivity index (χ4v) is 3.67. The maximum Gasteiger partial charge on any atom is 0.225 e. The standard InChI is InChI=1S/C19H31N5O2/c1-14(2)24-9-10-26-17(12-24)11-18(25)22-5-7-23(8-6-22)19-15(3)16(4)20-13-21-19/h13-14,17H,5-12H2,1-4H3/t17-/m1/s1. The molecule has 3 rings (SSSR count). The zero-order valence-corrected chi connectivity index (χ0v) is 16.4. The Balaban J connectivity index is 1.51. The molecule has 2 saturated heterocycles. The van der Waals surface area contributed by atoms with Crippen molar-refractivity contribution < 1.29 is 9.53 Å². The number of rotatable bonds is 4. The molecule has 0 N–H and O–H groups in total. The number of ether oxygens (including phenoxy) is 1. The summed E-state index contributed by atoms with van der Waals surface area (Å²) in [6.45, 7) is 14.1. The van der Waals surface area contributed by atoms with Crippen molar-refractivity contribution in [2.45, 2.75) is 46.3 Å². The molecule has 1 aromatic heterocycles. The number of hydrogen-bond donors (Lipinski definition) is 0. The average molecular weight is 361 g/mol. The zero-order chi connectivity index (χ0) is 18.7. The minimum absolute atomic E-state index is 0.0171. The Hall–Kier alpha value is -1.73. The lowest BCUT2D eigenvalue weighted by Crippen LogP contribution is -2.51. The van der Waals surface area contributed by atoms with Crippen LogP contribution in [0, 0.1) is 13.8 Å². The molecule has 2 fully saturated rings. The van der Waals surface area contributed by atoms with Crippen LogP contribution in [-0.2, 0) is 9.53 Å². The Morgan fingerprint density at radius 2 is 1.92 bits per heavy atom. The number of aryl methyl sites for hydroxylation is 1. The third-order valence-corrected chi connectivity index (χ3v) is 5.54. The van der Waals surface area contributed by atoms with Gasteiger partial charge in [0.15, 0.2) is 0 Å². The van der Waals surface area contributed by atoms with Crippen molar-refractivity contribution in [1.82, 2.24) is 19.8 Å². The maximum absolute atomic E-state index is 12.7. The first kappa shape index (κ1) is 19.0. The van der Waals surface area contributed by atoms with Gasteiger partial charge in [0.25, 0.3) is 0 Å². The van der Waals surface area contributed by atoms with Gasteiger partial charge in [-0.1, -0.05) is 0 Å². The van der Waals surface area contributed by atoms with Gasteiger partial charge in [0.05, 0.1) is 19.1 Å². The summed E-state index contributed by atoms with van der Waals surface area (Å²) in [4.78, 5) is 28.0. The fourth-order valence-electron chi connectivity index (χ4n) is 3.67. The Kier molecular flexibility index (Phi) is 6.09. The van der Waals surface area contributed by atoms with Crippen molar-refractivity contribution in [3.8, 4) is 0 Å². The van der Waals surface area contributed by atoms with E-state index in [-0.39, 0.29) is 12.0 Å². The molecule has 0 saturated carbocycles. The van der Waals surface area contributed by atoms with Gasteiger partial charge >= 0.3 is 0 Å². The van der Waals surface area contributed by atoms with Crippen LogP contribution in [-0.4, -0.2) is 83.7 Å². The Morgan fingerprint density at radius 1 is 1.19 bits per heavy atom. The van der Waals surface area contributed by atoms with Crippen LogP contribution in [0.3, 0.4) is 0 Å². The monoisotopic (exact) mass is 361 g/mol. The lowest BCUT2D eigenvalue weighted by atomic mass is 10.1. The van der Waals surface area contributed by atoms with Gasteiger partial charge in [0, 0.05) is 56.6 Å². The van der Waals surface area contributed by atoms with E-state index in [1.165, 1.54) is 0 Å². The summed E-state index contributed by atoms with van der Waals surface area (Å²) in [5.74, 6) is 1.20. The van der Waals surface area contributed by atoms with E-state index in [0.717, 1.165) is 63.0 Å². The molecule has 0 aliphatic carbocycles. The quantitative estimate of drug-likeness (QED) is 0.804. The molecule has 0 bridgehead atoms. The molecule has 144 valence electrons. The first-order valence-electron chi connectivity index (χ1n) is 9.62. The van der Waals surface area contributed by atoms with Crippen LogP contribution < -0.4 is 4.90 Å². The highest BCUT2D eigenvalue weighted by molar-refractivity contribution is 5.77. The van der Waals surface area contributed by atoms with Gasteiger partial charge < -0.3 is 14.5 Å². The molecule has 2 aliphatic rings. The predicted octanol–water partition coefficient (Wildman–Crippen LogP) is 1.24. The van der Waals surface area contributed by atoms with Gasteiger partial charge in [-0.15, -0.1) is 0 Å². The van der Waals surface area contributed by atoms with Crippen LogP contribution in [0.1, 0.15) is 31.5 Å². The van der Waals surface area contributed by atoms with Gasteiger partial charge in [0.2, 0.25) is 5.91 Å². The molecule has 0 aromatic carbocycles. The highest BCUT2D eigenvalue weighted by atomic mass is 16.5. The van der Waals surface area contributed by atoms with Crippen LogP contribution in [0.4, 0.5) is 5.82 Å². The second kappa shape index (κ2) is 8.31. The predicted molar refractivity (Wildman–Crippen MR) is 101 cm³/mol. The van der Waals surface area contributed by atoms with Crippen molar-refractivity contribution >= 4 is 11.7 Å². The summed E-state index contributed by atoms with van der Waals surface area (Å²) in [6.07, 6.45) is 2.12. The highest BCUT2D eigenvalue weighted by Crippen LogP contribution is 2.20. The number of amides is 1. The van der Waals surface area contributed by atoms with Crippen molar-refractivity contribution in [3.05, 3.63) is 17.6 Å². The molecule has 26 heavy (non-hydrogen) atoms. The molecule has 3 heterocycles. The van der Waals surface area contributed by atoms with Crippen molar-refractivity contribution in [1.29, 1.82) is 0 Å². The average Bonchev–Trinajstić information content (AvgIpc) is 2.64. The van der Waals surface area contributed by atoms with Gasteiger partial charge in [0.1, 0.15) is 12.1 Å². The van der Waals surface area contributed by atoms with Crippen molar-refractivity contribution in [2.24, 2.45) is 0 Å². The molecule has 7 nitrogen and oxygen atoms in total. The first-order chi connectivity index (χ1) is 12.5. The number of aromatic nitrogens is 2. The number of piperazine rings is 1. The summed E-state index contributed by atoms with van der Waals surface area (Å²) in [5, 5.41) is 0. The minimum atomic E-state index is 0.0171. The summed E-state index contributed by atoms with van der Waals surface area (Å²) in [7, 11) is 0. The van der Waals surface area contributed by atoms with E-state index >= 15 is 0 Å². The van der Waals surface area contributed by atoms with E-state index in [2.05, 4.69) is 40.5 Å². The van der Waals surface area contributed by atoms with Gasteiger partial charge in [-0.2, -0.15) is 0 Å². The van der Waals surface area contributed by atoms with E-state index in [1.54, 1.807) is 6.33 Å². The largest absolute Gasteiger partial charge is 0.375 e.